The van der Waals surface area contributed by atoms with Crippen LogP contribution in [0.2, 0.25) is 5.02 Å². The van der Waals surface area contributed by atoms with E-state index in [9.17, 15) is 36.2 Å². The first-order valence-electron chi connectivity index (χ1n) is 16.0. The van der Waals surface area contributed by atoms with Crippen molar-refractivity contribution in [3.63, 3.8) is 0 Å². The molecule has 4 N–H and O–H groups in total. The van der Waals surface area contributed by atoms with Gasteiger partial charge < -0.3 is 15.5 Å². The number of anilines is 3. The van der Waals surface area contributed by atoms with Crippen LogP contribution in [0.1, 0.15) is 62.7 Å². The van der Waals surface area contributed by atoms with Gasteiger partial charge >= 0.3 is 0 Å². The van der Waals surface area contributed by atoms with Gasteiger partial charge in [0.15, 0.2) is 5.82 Å². The van der Waals surface area contributed by atoms with Crippen LogP contribution in [0.5, 0.6) is 0 Å². The van der Waals surface area contributed by atoms with Gasteiger partial charge in [0, 0.05) is 36.8 Å². The first-order valence-corrected chi connectivity index (χ1v) is 19.4. The summed E-state index contributed by atoms with van der Waals surface area (Å²) in [7, 11) is -8.82. The molecule has 0 aliphatic rings. The van der Waals surface area contributed by atoms with Crippen LogP contribution in [0.15, 0.2) is 75.8 Å². The lowest BCUT2D eigenvalue weighted by Crippen LogP contribution is -2.25. The number of nitrogens with zero attached hydrogens (tertiary/aromatic N) is 6. The summed E-state index contributed by atoms with van der Waals surface area (Å²) in [6.07, 6.45) is 0.165. The molecule has 3 aromatic carbocycles. The number of rotatable bonds is 13. The molecule has 0 saturated heterocycles. The lowest BCUT2D eigenvalue weighted by Gasteiger charge is -2.24. The van der Waals surface area contributed by atoms with Gasteiger partial charge in [-0.2, -0.15) is 27.2 Å². The summed E-state index contributed by atoms with van der Waals surface area (Å²) < 4.78 is 66.1. The number of azo groups is 1. The molecule has 0 spiro atoms. The Labute approximate surface area is 312 Å². The number of hydrogen-bond acceptors (Lipinski definition) is 11. The van der Waals surface area contributed by atoms with E-state index in [1.807, 2.05) is 32.6 Å². The van der Waals surface area contributed by atoms with E-state index < -0.39 is 48.1 Å². The van der Waals surface area contributed by atoms with Crippen molar-refractivity contribution in [2.75, 3.05) is 34.4 Å². The fraction of sp³-hybridized carbons (Fsp3) is 0.294. The topological polar surface area (TPSA) is 237 Å². The fourth-order valence-electron chi connectivity index (χ4n) is 5.24. The molecular weight excluding hydrogens is 748 g/mol. The molecule has 1 aromatic heterocycles. The van der Waals surface area contributed by atoms with Crippen molar-refractivity contribution in [3.8, 4) is 11.8 Å². The number of nitriles is 1. The van der Waals surface area contributed by atoms with Crippen molar-refractivity contribution >= 4 is 72.2 Å². The average Bonchev–Trinajstić information content (AvgIpc) is 3.44. The quantitative estimate of drug-likeness (QED) is 0.0825. The summed E-state index contributed by atoms with van der Waals surface area (Å²) in [5.74, 6) is -1.62. The Balaban J connectivity index is 1.75. The van der Waals surface area contributed by atoms with Crippen LogP contribution < -0.4 is 15.5 Å². The van der Waals surface area contributed by atoms with Gasteiger partial charge in [0.25, 0.3) is 26.1 Å². The second kappa shape index (κ2) is 16.2. The van der Waals surface area contributed by atoms with Crippen LogP contribution in [0.25, 0.3) is 5.69 Å². The Morgan fingerprint density at radius 3 is 2.30 bits per heavy atom. The molecule has 4 rings (SSSR count). The average molecular weight is 785 g/mol. The van der Waals surface area contributed by atoms with Crippen LogP contribution in [0.4, 0.5) is 28.6 Å². The van der Waals surface area contributed by atoms with E-state index in [-0.39, 0.29) is 51.1 Å². The van der Waals surface area contributed by atoms with Crippen molar-refractivity contribution in [3.05, 3.63) is 82.5 Å². The van der Waals surface area contributed by atoms with Gasteiger partial charge in [-0.3, -0.25) is 18.7 Å². The second-order valence-electron chi connectivity index (χ2n) is 12.7. The Morgan fingerprint density at radius 2 is 1.72 bits per heavy atom. The zero-order valence-corrected chi connectivity index (χ0v) is 31.7. The minimum Gasteiger partial charge on any atom is -0.372 e. The lowest BCUT2D eigenvalue weighted by atomic mass is 9.90. The summed E-state index contributed by atoms with van der Waals surface area (Å²) in [4.78, 5) is 26.5. The van der Waals surface area contributed by atoms with Crippen molar-refractivity contribution < 1.29 is 35.5 Å². The minimum atomic E-state index is -4.69. The van der Waals surface area contributed by atoms with Crippen LogP contribution in [-0.4, -0.2) is 66.4 Å². The number of aromatic nitrogens is 2. The molecule has 19 heteroatoms. The summed E-state index contributed by atoms with van der Waals surface area (Å²) >= 11 is 6.71. The molecule has 16 nitrogen and oxygen atoms in total. The number of carbonyl (C=O) groups is 2. The SMILES string of the molecule is CCN(CCCS(=O)(=O)O)c1ccc(N=Nc2c(C#N)c(C(C)(C)C)nn2-c2ccc(NC(=O)c3ccccc3S(=O)(=O)O)cc2Cl)c(NC(C)=O)c1. The molecule has 4 aromatic rings. The molecule has 0 radical (unpaired) electrons. The maximum atomic E-state index is 13.0. The normalized spacial score (nSPS) is 12.1. The zero-order valence-electron chi connectivity index (χ0n) is 29.3. The third kappa shape index (κ3) is 10.2. The van der Waals surface area contributed by atoms with Crippen LogP contribution in [0, 0.1) is 11.3 Å². The van der Waals surface area contributed by atoms with Gasteiger partial charge in [0.05, 0.1) is 33.4 Å². The molecule has 0 atom stereocenters. The van der Waals surface area contributed by atoms with Crippen LogP contribution in [0.3, 0.4) is 0 Å². The van der Waals surface area contributed by atoms with E-state index in [0.717, 1.165) is 6.07 Å². The van der Waals surface area contributed by atoms with Gasteiger partial charge in [0.1, 0.15) is 22.2 Å². The highest BCUT2D eigenvalue weighted by Gasteiger charge is 2.29. The highest BCUT2D eigenvalue weighted by molar-refractivity contribution is 7.86. The standard InChI is InChI=1S/C34H37ClN8O8S2/c1-6-42(16-9-17-52(46,47)48)23-13-14-27(28(19-23)37-21(2)44)39-40-32-25(20-36)31(34(3,4)5)41-43(32)29-15-12-22(18-26(29)35)38-33(45)24-10-7-8-11-30(24)53(49,50)51/h7-8,10-15,18-19H,6,9,16-17H2,1-5H3,(H,37,44)(H,38,45)(H,46,47,48)(H,49,50,51). The number of hydrogen-bond donors (Lipinski definition) is 4. The van der Waals surface area contributed by atoms with Crippen molar-refractivity contribution in [1.29, 1.82) is 5.26 Å². The third-order valence-electron chi connectivity index (χ3n) is 7.65. The second-order valence-corrected chi connectivity index (χ2v) is 16.1. The Morgan fingerprint density at radius 1 is 1.02 bits per heavy atom. The first-order chi connectivity index (χ1) is 24.7. The Hall–Kier alpha value is -5.19. The van der Waals surface area contributed by atoms with Crippen molar-refractivity contribution in [1.82, 2.24) is 9.78 Å². The van der Waals surface area contributed by atoms with Crippen LogP contribution >= 0.6 is 11.6 Å². The van der Waals surface area contributed by atoms with Crippen LogP contribution in [-0.2, 0) is 30.4 Å². The van der Waals surface area contributed by atoms with E-state index in [0.29, 0.717) is 24.5 Å². The van der Waals surface area contributed by atoms with Gasteiger partial charge in [-0.15, -0.1) is 10.2 Å². The molecule has 0 saturated carbocycles. The molecule has 0 fully saturated rings. The molecule has 1 heterocycles. The molecule has 2 amide bonds. The smallest absolute Gasteiger partial charge is 0.295 e. The summed E-state index contributed by atoms with van der Waals surface area (Å²) in [5, 5.41) is 29.1. The molecule has 53 heavy (non-hydrogen) atoms. The summed E-state index contributed by atoms with van der Waals surface area (Å²) in [6, 6.07) is 16.6. The molecule has 0 unspecified atom stereocenters. The van der Waals surface area contributed by atoms with Gasteiger partial charge in [-0.05, 0) is 61.9 Å². The van der Waals surface area contributed by atoms with E-state index in [2.05, 4.69) is 32.0 Å². The third-order valence-corrected chi connectivity index (χ3v) is 9.67. The minimum absolute atomic E-state index is 0.0106. The molecule has 0 bridgehead atoms. The first kappa shape index (κ1) is 40.6. The van der Waals surface area contributed by atoms with Gasteiger partial charge in [-0.25, -0.2) is 4.68 Å². The number of halogens is 1. The van der Waals surface area contributed by atoms with E-state index in [4.69, 9.17) is 16.2 Å². The number of carbonyl (C=O) groups excluding carboxylic acids is 2. The maximum absolute atomic E-state index is 13.0. The molecular formula is C34H37ClN8O8S2. The summed E-state index contributed by atoms with van der Waals surface area (Å²) in [6.45, 7) is 9.55. The zero-order chi connectivity index (χ0) is 39.3. The van der Waals surface area contributed by atoms with Crippen molar-refractivity contribution in [2.45, 2.75) is 51.3 Å². The number of benzene rings is 3. The molecule has 0 aliphatic carbocycles. The highest BCUT2D eigenvalue weighted by Crippen LogP contribution is 2.38. The highest BCUT2D eigenvalue weighted by atomic mass is 35.5. The Bertz CT molecular complexity index is 2350. The number of amides is 2. The maximum Gasteiger partial charge on any atom is 0.295 e. The lowest BCUT2D eigenvalue weighted by molar-refractivity contribution is -0.114. The largest absolute Gasteiger partial charge is 0.372 e. The Kier molecular flexibility index (Phi) is 12.4. The fourth-order valence-corrected chi connectivity index (χ4v) is 6.68. The number of nitrogens with one attached hydrogen (secondary N) is 2. The van der Waals surface area contributed by atoms with Gasteiger partial charge in [0.2, 0.25) is 5.91 Å². The van der Waals surface area contributed by atoms with E-state index in [1.165, 1.54) is 48.0 Å². The predicted octanol–water partition coefficient (Wildman–Crippen LogP) is 6.67. The predicted molar refractivity (Wildman–Crippen MR) is 200 cm³/mol. The summed E-state index contributed by atoms with van der Waals surface area (Å²) in [5.41, 5.74) is 1.14. The monoisotopic (exact) mass is 784 g/mol. The molecule has 280 valence electrons. The van der Waals surface area contributed by atoms with Gasteiger partial charge in [-0.1, -0.05) is 44.5 Å². The van der Waals surface area contributed by atoms with E-state index >= 15 is 0 Å². The molecule has 0 aliphatic heterocycles. The van der Waals surface area contributed by atoms with Crippen molar-refractivity contribution in [2.24, 2.45) is 10.2 Å². The van der Waals surface area contributed by atoms with E-state index in [1.54, 1.807) is 18.2 Å².